The minimum Gasteiger partial charge on any atom is -0.497 e. The second kappa shape index (κ2) is 10.7. The molecule has 3 aromatic carbocycles. The molecule has 0 aliphatic heterocycles. The van der Waals surface area contributed by atoms with E-state index in [4.69, 9.17) is 18.9 Å². The van der Waals surface area contributed by atoms with Crippen molar-refractivity contribution in [3.8, 4) is 17.2 Å². The fourth-order valence-corrected chi connectivity index (χ4v) is 2.68. The number of esters is 1. The van der Waals surface area contributed by atoms with E-state index in [9.17, 15) is 9.59 Å². The van der Waals surface area contributed by atoms with E-state index in [1.54, 1.807) is 48.5 Å². The van der Waals surface area contributed by atoms with Gasteiger partial charge in [-0.3, -0.25) is 4.79 Å². The molecule has 154 valence electrons. The number of ketones is 1. The Bertz CT molecular complexity index is 984. The van der Waals surface area contributed by atoms with E-state index in [0.29, 0.717) is 23.7 Å². The third-order valence-electron chi connectivity index (χ3n) is 4.19. The standard InChI is InChI=1S/C24H22O6/c1-27-20-11-7-8-18(16-20)22(25)17-30-24(26)21-12-5-6-13-23(21)29-15-14-28-19-9-3-2-4-10-19/h2-13,16H,14-15,17H2,1H3. The van der Waals surface area contributed by atoms with E-state index >= 15 is 0 Å². The summed E-state index contributed by atoms with van der Waals surface area (Å²) in [5, 5.41) is 0. The number of para-hydroxylation sites is 2. The summed E-state index contributed by atoms with van der Waals surface area (Å²) in [7, 11) is 1.52. The van der Waals surface area contributed by atoms with Crippen LogP contribution >= 0.6 is 0 Å². The number of rotatable bonds is 10. The maximum atomic E-state index is 12.5. The van der Waals surface area contributed by atoms with Gasteiger partial charge in [-0.2, -0.15) is 0 Å². The van der Waals surface area contributed by atoms with Crippen LogP contribution in [0.15, 0.2) is 78.9 Å². The molecule has 0 radical (unpaired) electrons. The number of carbonyl (C=O) groups is 2. The molecule has 0 aliphatic carbocycles. The molecular formula is C24H22O6. The summed E-state index contributed by atoms with van der Waals surface area (Å²) in [5.74, 6) is 0.712. The molecule has 30 heavy (non-hydrogen) atoms. The number of hydrogen-bond donors (Lipinski definition) is 0. The van der Waals surface area contributed by atoms with Crippen LogP contribution in [0.2, 0.25) is 0 Å². The monoisotopic (exact) mass is 406 g/mol. The van der Waals surface area contributed by atoms with Crippen LogP contribution in [0.5, 0.6) is 17.2 Å². The molecule has 0 N–H and O–H groups in total. The van der Waals surface area contributed by atoms with Gasteiger partial charge in [-0.15, -0.1) is 0 Å². The van der Waals surface area contributed by atoms with Gasteiger partial charge in [0.25, 0.3) is 0 Å². The predicted octanol–water partition coefficient (Wildman–Crippen LogP) is 4.19. The van der Waals surface area contributed by atoms with E-state index in [1.807, 2.05) is 30.3 Å². The van der Waals surface area contributed by atoms with Gasteiger partial charge in [0.05, 0.1) is 7.11 Å². The minimum atomic E-state index is -0.633. The molecule has 0 bridgehead atoms. The molecule has 6 heteroatoms. The summed E-state index contributed by atoms with van der Waals surface area (Å²) in [4.78, 5) is 24.8. The zero-order chi connectivity index (χ0) is 21.2. The van der Waals surface area contributed by atoms with E-state index in [1.165, 1.54) is 7.11 Å². The zero-order valence-corrected chi connectivity index (χ0v) is 16.6. The highest BCUT2D eigenvalue weighted by molar-refractivity contribution is 6.00. The Balaban J connectivity index is 1.53. The summed E-state index contributed by atoms with van der Waals surface area (Å²) in [6.45, 7) is 0.196. The van der Waals surface area contributed by atoms with E-state index < -0.39 is 5.97 Å². The van der Waals surface area contributed by atoms with Gasteiger partial charge in [0.2, 0.25) is 0 Å². The third kappa shape index (κ3) is 5.85. The van der Waals surface area contributed by atoms with Gasteiger partial charge >= 0.3 is 5.97 Å². The van der Waals surface area contributed by atoms with Crippen LogP contribution in [0.3, 0.4) is 0 Å². The van der Waals surface area contributed by atoms with Crippen LogP contribution in [-0.2, 0) is 4.74 Å². The second-order valence-corrected chi connectivity index (χ2v) is 6.24. The number of carbonyl (C=O) groups excluding carboxylic acids is 2. The molecule has 3 aromatic rings. The molecule has 0 fully saturated rings. The largest absolute Gasteiger partial charge is 0.497 e. The summed E-state index contributed by atoms with van der Waals surface area (Å²) in [5.41, 5.74) is 0.653. The molecule has 6 nitrogen and oxygen atoms in total. The molecule has 0 unspecified atom stereocenters. The summed E-state index contributed by atoms with van der Waals surface area (Å²) < 4.78 is 21.6. The Labute approximate surface area is 175 Å². The Morgan fingerprint density at radius 3 is 2.27 bits per heavy atom. The molecule has 3 rings (SSSR count). The van der Waals surface area contributed by atoms with Crippen LogP contribution in [0, 0.1) is 0 Å². The second-order valence-electron chi connectivity index (χ2n) is 6.24. The molecule has 0 aromatic heterocycles. The van der Waals surface area contributed by atoms with Crippen molar-refractivity contribution >= 4 is 11.8 Å². The van der Waals surface area contributed by atoms with Gasteiger partial charge in [-0.05, 0) is 36.4 Å². The molecular weight excluding hydrogens is 384 g/mol. The van der Waals surface area contributed by atoms with Crippen LogP contribution in [0.25, 0.3) is 0 Å². The van der Waals surface area contributed by atoms with Crippen molar-refractivity contribution in [3.63, 3.8) is 0 Å². The Morgan fingerprint density at radius 2 is 1.47 bits per heavy atom. The van der Waals surface area contributed by atoms with Crippen LogP contribution < -0.4 is 14.2 Å². The molecule has 0 atom stereocenters. The topological polar surface area (TPSA) is 71.1 Å². The SMILES string of the molecule is COc1cccc(C(=O)COC(=O)c2ccccc2OCCOc2ccccc2)c1. The lowest BCUT2D eigenvalue weighted by Crippen LogP contribution is -2.16. The minimum absolute atomic E-state index is 0.246. The van der Waals surface area contributed by atoms with Gasteiger partial charge < -0.3 is 18.9 Å². The number of ether oxygens (including phenoxy) is 4. The lowest BCUT2D eigenvalue weighted by molar-refractivity contribution is 0.0470. The Morgan fingerprint density at radius 1 is 0.767 bits per heavy atom. The quantitative estimate of drug-likeness (QED) is 0.286. The summed E-state index contributed by atoms with van der Waals surface area (Å²) in [6.07, 6.45) is 0. The van der Waals surface area contributed by atoms with Crippen LogP contribution in [-0.4, -0.2) is 38.7 Å². The van der Waals surface area contributed by atoms with Crippen molar-refractivity contribution in [2.45, 2.75) is 0 Å². The fraction of sp³-hybridized carbons (Fsp3) is 0.167. The zero-order valence-electron chi connectivity index (χ0n) is 16.6. The Hall–Kier alpha value is -3.80. The first-order valence-electron chi connectivity index (χ1n) is 9.41. The van der Waals surface area contributed by atoms with Crippen molar-refractivity contribution < 1.29 is 28.5 Å². The lowest BCUT2D eigenvalue weighted by Gasteiger charge is -2.12. The normalized spacial score (nSPS) is 10.2. The Kier molecular flexibility index (Phi) is 7.44. The third-order valence-corrected chi connectivity index (χ3v) is 4.19. The molecule has 0 amide bonds. The number of hydrogen-bond acceptors (Lipinski definition) is 6. The maximum Gasteiger partial charge on any atom is 0.342 e. The van der Waals surface area contributed by atoms with Gasteiger partial charge in [-0.25, -0.2) is 4.79 Å². The van der Waals surface area contributed by atoms with Crippen LogP contribution in [0.1, 0.15) is 20.7 Å². The number of benzene rings is 3. The van der Waals surface area contributed by atoms with Crippen molar-refractivity contribution in [2.24, 2.45) is 0 Å². The average Bonchev–Trinajstić information content (AvgIpc) is 2.81. The smallest absolute Gasteiger partial charge is 0.342 e. The van der Waals surface area contributed by atoms with Crippen LogP contribution in [0.4, 0.5) is 0 Å². The molecule has 0 saturated heterocycles. The summed E-state index contributed by atoms with van der Waals surface area (Å²) >= 11 is 0. The van der Waals surface area contributed by atoms with Crippen molar-refractivity contribution in [2.75, 3.05) is 26.9 Å². The van der Waals surface area contributed by atoms with Gasteiger partial charge in [0.15, 0.2) is 12.4 Å². The molecule has 0 spiro atoms. The van der Waals surface area contributed by atoms with Crippen molar-refractivity contribution in [3.05, 3.63) is 90.0 Å². The average molecular weight is 406 g/mol. The van der Waals surface area contributed by atoms with Gasteiger partial charge in [0.1, 0.15) is 36.0 Å². The highest BCUT2D eigenvalue weighted by atomic mass is 16.5. The highest BCUT2D eigenvalue weighted by Crippen LogP contribution is 2.20. The number of Topliss-reactive ketones (excluding diaryl/α,β-unsaturated/α-hetero) is 1. The molecule has 0 heterocycles. The van der Waals surface area contributed by atoms with Crippen molar-refractivity contribution in [1.82, 2.24) is 0 Å². The summed E-state index contributed by atoms with van der Waals surface area (Å²) in [6, 6.07) is 22.8. The molecule has 0 aliphatic rings. The molecule has 0 saturated carbocycles. The first-order valence-corrected chi connectivity index (χ1v) is 9.41. The first-order chi connectivity index (χ1) is 14.7. The van der Waals surface area contributed by atoms with E-state index in [2.05, 4.69) is 0 Å². The predicted molar refractivity (Wildman–Crippen MR) is 111 cm³/mol. The highest BCUT2D eigenvalue weighted by Gasteiger charge is 2.16. The van der Waals surface area contributed by atoms with Gasteiger partial charge in [0, 0.05) is 5.56 Å². The fourth-order valence-electron chi connectivity index (χ4n) is 2.68. The lowest BCUT2D eigenvalue weighted by atomic mass is 10.1. The van der Waals surface area contributed by atoms with E-state index in [-0.39, 0.29) is 24.6 Å². The van der Waals surface area contributed by atoms with Crippen molar-refractivity contribution in [1.29, 1.82) is 0 Å². The van der Waals surface area contributed by atoms with E-state index in [0.717, 1.165) is 5.75 Å². The van der Waals surface area contributed by atoms with Gasteiger partial charge in [-0.1, -0.05) is 42.5 Å². The number of methoxy groups -OCH3 is 1. The maximum absolute atomic E-state index is 12.5. The first kappa shape index (κ1) is 20.9.